The number of rotatable bonds is 9. The van der Waals surface area contributed by atoms with Crippen molar-refractivity contribution in [1.29, 1.82) is 0 Å². The second kappa shape index (κ2) is 10.5. The van der Waals surface area contributed by atoms with E-state index in [-0.39, 0.29) is 6.10 Å². The molecule has 5 unspecified atom stereocenters. The van der Waals surface area contributed by atoms with Crippen LogP contribution in [0.25, 0.3) is 0 Å². The average Bonchev–Trinajstić information content (AvgIpc) is 3.12. The first kappa shape index (κ1) is 26.0. The summed E-state index contributed by atoms with van der Waals surface area (Å²) in [5.74, 6) is 5.53. The van der Waals surface area contributed by atoms with E-state index in [0.717, 1.165) is 61.4 Å². The van der Waals surface area contributed by atoms with Gasteiger partial charge in [0.2, 0.25) is 0 Å². The van der Waals surface area contributed by atoms with Crippen molar-refractivity contribution in [2.24, 2.45) is 58.0 Å². The van der Waals surface area contributed by atoms with Gasteiger partial charge in [0.25, 0.3) is 0 Å². The van der Waals surface area contributed by atoms with Crippen LogP contribution >= 0.6 is 0 Å². The second-order valence-corrected chi connectivity index (χ2v) is 13.9. The smallest absolute Gasteiger partial charge is 0.0577 e. The van der Waals surface area contributed by atoms with Crippen LogP contribution in [0.5, 0.6) is 0 Å². The highest BCUT2D eigenvalue weighted by molar-refractivity contribution is 5.11. The Bertz CT molecular complexity index is 637. The largest absolute Gasteiger partial charge is 0.393 e. The highest BCUT2D eigenvalue weighted by Crippen LogP contribution is 2.68. The molecule has 0 spiro atoms. The van der Waals surface area contributed by atoms with E-state index in [1.165, 1.54) is 64.2 Å². The van der Waals surface area contributed by atoms with Gasteiger partial charge in [0.05, 0.1) is 6.10 Å². The third kappa shape index (κ3) is 4.94. The summed E-state index contributed by atoms with van der Waals surface area (Å²) in [5, 5.41) is 15.3. The Balaban J connectivity index is 1.43. The fourth-order valence-corrected chi connectivity index (χ4v) is 9.92. The van der Waals surface area contributed by atoms with Crippen LogP contribution in [-0.2, 0) is 0 Å². The second-order valence-electron chi connectivity index (χ2n) is 13.9. The number of fused-ring (bicyclic) bond motifs is 5. The van der Waals surface area contributed by atoms with E-state index < -0.39 is 0 Å². The Hall–Kier alpha value is -0.120. The van der Waals surface area contributed by atoms with Crippen molar-refractivity contribution in [2.75, 3.05) is 13.1 Å². The van der Waals surface area contributed by atoms with Crippen LogP contribution in [0.15, 0.2) is 0 Å². The SMILES string of the molecule is CC(C)CCC[C@@H](C)C1CCC2C3C[C@@H](O)C4C[C@@H](NCCCN)CC[C@]4(C)C3CC[C@@]21C. The minimum atomic E-state index is -0.0970. The summed E-state index contributed by atoms with van der Waals surface area (Å²) >= 11 is 0. The molecule has 4 saturated carbocycles. The predicted octanol–water partition coefficient (Wildman–Crippen LogP) is 6.39. The summed E-state index contributed by atoms with van der Waals surface area (Å²) in [4.78, 5) is 0. The number of hydrogen-bond donors (Lipinski definition) is 3. The molecule has 192 valence electrons. The van der Waals surface area contributed by atoms with Gasteiger partial charge in [-0.25, -0.2) is 0 Å². The van der Waals surface area contributed by atoms with E-state index in [2.05, 4.69) is 39.9 Å². The molecule has 0 aromatic rings. The van der Waals surface area contributed by atoms with Crippen molar-refractivity contribution >= 4 is 0 Å². The molecule has 0 aromatic carbocycles. The maximum Gasteiger partial charge on any atom is 0.0577 e. The number of aliphatic hydroxyl groups excluding tert-OH is 1. The van der Waals surface area contributed by atoms with E-state index in [1.807, 2.05) is 0 Å². The minimum absolute atomic E-state index is 0.0970. The lowest BCUT2D eigenvalue weighted by atomic mass is 9.43. The standard InChI is InChI=1S/C30H56N2O/c1-20(2)8-6-9-21(3)24-10-11-25-23-19-28(33)27-18-22(32-17-7-16-31)12-14-30(27,5)26(23)13-15-29(24,25)4/h20-28,32-33H,6-19,31H2,1-5H3/t21-,22+,23?,24?,25?,26?,27?,28-,29-,30-/m1/s1. The molecule has 0 bridgehead atoms. The number of nitrogens with one attached hydrogen (secondary N) is 1. The van der Waals surface area contributed by atoms with Gasteiger partial charge >= 0.3 is 0 Å². The molecule has 10 atom stereocenters. The van der Waals surface area contributed by atoms with Crippen molar-refractivity contribution in [2.45, 2.75) is 124 Å². The van der Waals surface area contributed by atoms with Gasteiger partial charge in [-0.2, -0.15) is 0 Å². The molecular weight excluding hydrogens is 404 g/mol. The van der Waals surface area contributed by atoms with Crippen LogP contribution in [0.2, 0.25) is 0 Å². The minimum Gasteiger partial charge on any atom is -0.393 e. The van der Waals surface area contributed by atoms with Crippen molar-refractivity contribution < 1.29 is 5.11 Å². The molecule has 0 radical (unpaired) electrons. The maximum atomic E-state index is 11.5. The summed E-state index contributed by atoms with van der Waals surface area (Å²) in [7, 11) is 0. The molecule has 33 heavy (non-hydrogen) atoms. The average molecular weight is 461 g/mol. The lowest BCUT2D eigenvalue weighted by molar-refractivity contribution is -0.162. The quantitative estimate of drug-likeness (QED) is 0.350. The molecule has 0 aliphatic heterocycles. The van der Waals surface area contributed by atoms with E-state index in [9.17, 15) is 5.11 Å². The normalized spacial score (nSPS) is 46.0. The zero-order chi connectivity index (χ0) is 23.8. The predicted molar refractivity (Wildman–Crippen MR) is 140 cm³/mol. The summed E-state index contributed by atoms with van der Waals surface area (Å²) in [6, 6.07) is 0.581. The molecule has 4 aliphatic carbocycles. The first-order chi connectivity index (χ1) is 15.7. The summed E-state index contributed by atoms with van der Waals surface area (Å²) < 4.78 is 0. The maximum absolute atomic E-state index is 11.5. The number of aliphatic hydroxyl groups is 1. The molecule has 4 fully saturated rings. The number of hydrogen-bond acceptors (Lipinski definition) is 3. The van der Waals surface area contributed by atoms with Crippen molar-refractivity contribution in [3.05, 3.63) is 0 Å². The van der Waals surface area contributed by atoms with Crippen molar-refractivity contribution in [3.63, 3.8) is 0 Å². The van der Waals surface area contributed by atoms with Crippen LogP contribution in [0.1, 0.15) is 112 Å². The van der Waals surface area contributed by atoms with E-state index in [4.69, 9.17) is 5.73 Å². The van der Waals surface area contributed by atoms with Gasteiger partial charge < -0.3 is 16.2 Å². The molecule has 4 N–H and O–H groups in total. The van der Waals surface area contributed by atoms with Crippen molar-refractivity contribution in [3.8, 4) is 0 Å². The van der Waals surface area contributed by atoms with Gasteiger partial charge in [0, 0.05) is 6.04 Å². The fraction of sp³-hybridized carbons (Fsp3) is 1.00. The molecule has 0 aromatic heterocycles. The molecule has 3 heteroatoms. The Kier molecular flexibility index (Phi) is 8.24. The third-order valence-corrected chi connectivity index (χ3v) is 11.7. The molecule has 0 heterocycles. The van der Waals surface area contributed by atoms with Crippen LogP contribution in [0.4, 0.5) is 0 Å². The summed E-state index contributed by atoms with van der Waals surface area (Å²) in [6.07, 6.45) is 15.7. The van der Waals surface area contributed by atoms with Crippen LogP contribution in [0, 0.1) is 52.3 Å². The van der Waals surface area contributed by atoms with Gasteiger partial charge in [-0.05, 0) is 123 Å². The van der Waals surface area contributed by atoms with E-state index in [0.29, 0.717) is 22.8 Å². The molecule has 4 rings (SSSR count). The monoisotopic (exact) mass is 460 g/mol. The first-order valence-electron chi connectivity index (χ1n) is 14.8. The Morgan fingerprint density at radius 1 is 0.879 bits per heavy atom. The molecule has 3 nitrogen and oxygen atoms in total. The van der Waals surface area contributed by atoms with Crippen LogP contribution in [-0.4, -0.2) is 30.3 Å². The Labute approximate surface area is 205 Å². The van der Waals surface area contributed by atoms with Crippen LogP contribution in [0.3, 0.4) is 0 Å². The van der Waals surface area contributed by atoms with Crippen molar-refractivity contribution in [1.82, 2.24) is 5.32 Å². The molecule has 4 aliphatic rings. The zero-order valence-electron chi connectivity index (χ0n) is 22.6. The topological polar surface area (TPSA) is 58.3 Å². The molecule has 0 amide bonds. The van der Waals surface area contributed by atoms with E-state index in [1.54, 1.807) is 0 Å². The van der Waals surface area contributed by atoms with Gasteiger partial charge in [-0.1, -0.05) is 53.9 Å². The third-order valence-electron chi connectivity index (χ3n) is 11.7. The zero-order valence-corrected chi connectivity index (χ0v) is 22.6. The molecular formula is C30H56N2O. The van der Waals surface area contributed by atoms with Gasteiger partial charge in [0.15, 0.2) is 0 Å². The lowest BCUT2D eigenvalue weighted by Crippen LogP contribution is -2.59. The Morgan fingerprint density at radius 3 is 2.33 bits per heavy atom. The highest BCUT2D eigenvalue weighted by atomic mass is 16.3. The van der Waals surface area contributed by atoms with Crippen LogP contribution < -0.4 is 11.1 Å². The van der Waals surface area contributed by atoms with Gasteiger partial charge in [-0.15, -0.1) is 0 Å². The Morgan fingerprint density at radius 2 is 1.61 bits per heavy atom. The first-order valence-corrected chi connectivity index (χ1v) is 14.8. The molecule has 0 saturated heterocycles. The number of nitrogens with two attached hydrogens (primary N) is 1. The van der Waals surface area contributed by atoms with Gasteiger partial charge in [0.1, 0.15) is 0 Å². The lowest BCUT2D eigenvalue weighted by Gasteiger charge is -2.62. The fourth-order valence-electron chi connectivity index (χ4n) is 9.92. The van der Waals surface area contributed by atoms with E-state index >= 15 is 0 Å². The summed E-state index contributed by atoms with van der Waals surface area (Å²) in [5.41, 5.74) is 6.56. The summed E-state index contributed by atoms with van der Waals surface area (Å²) in [6.45, 7) is 14.3. The van der Waals surface area contributed by atoms with Gasteiger partial charge in [-0.3, -0.25) is 0 Å². The highest BCUT2D eigenvalue weighted by Gasteiger charge is 2.62.